The molecule has 0 unspecified atom stereocenters. The SMILES string of the molecule is CCCCCCCCCCCCOc1cc(C(=O)NCCNC(=O)CCOc2ccc(C=Nc3ccccc3N=Cc3ccc(OCCC(=O)NCCNC(=O)c4cc(OCCCCCCCCCCCC)c(OCCCCCCCCCCCC)c(OCCCCCCCCCCCC)c4)cc3O)c(O)c2)cc(OCCCCCCCCCCCC)c1OCCCCCCCCCCCC. The van der Waals surface area contributed by atoms with Crippen LogP contribution >= 0.6 is 0 Å². The number of hydrogen-bond donors (Lipinski definition) is 6. The second-order valence-corrected chi connectivity index (χ2v) is 37.6. The Morgan fingerprint density at radius 3 is 0.713 bits per heavy atom. The summed E-state index contributed by atoms with van der Waals surface area (Å²) < 4.78 is 51.2. The minimum absolute atomic E-state index is 0.0418. The van der Waals surface area contributed by atoms with Gasteiger partial charge in [0.15, 0.2) is 23.0 Å². The first-order valence-electron chi connectivity index (χ1n) is 55.2. The summed E-state index contributed by atoms with van der Waals surface area (Å²) in [6.07, 6.45) is 76.5. The molecule has 0 heterocycles. The number of para-hydroxylation sites is 2. The van der Waals surface area contributed by atoms with Gasteiger partial charge < -0.3 is 69.4 Å². The van der Waals surface area contributed by atoms with Crippen molar-refractivity contribution in [3.63, 3.8) is 0 Å². The molecule has 0 saturated carbocycles. The van der Waals surface area contributed by atoms with E-state index >= 15 is 0 Å². The third kappa shape index (κ3) is 58.3. The first-order valence-corrected chi connectivity index (χ1v) is 55.2. The van der Waals surface area contributed by atoms with Gasteiger partial charge in [-0.2, -0.15) is 0 Å². The van der Waals surface area contributed by atoms with Gasteiger partial charge in [-0.1, -0.05) is 400 Å². The second kappa shape index (κ2) is 82.2. The van der Waals surface area contributed by atoms with Crippen LogP contribution in [0.3, 0.4) is 0 Å². The predicted molar refractivity (Wildman–Crippen MR) is 565 cm³/mol. The zero-order valence-electron chi connectivity index (χ0n) is 86.3. The van der Waals surface area contributed by atoms with Crippen molar-refractivity contribution in [2.75, 3.05) is 79.0 Å². The van der Waals surface area contributed by atoms with Crippen molar-refractivity contribution in [3.8, 4) is 57.5 Å². The smallest absolute Gasteiger partial charge is 0.251 e. The number of amides is 4. The maximum Gasteiger partial charge on any atom is 0.251 e. The van der Waals surface area contributed by atoms with Crippen LogP contribution in [0.15, 0.2) is 94.9 Å². The van der Waals surface area contributed by atoms with Gasteiger partial charge in [-0.15, -0.1) is 0 Å². The highest BCUT2D eigenvalue weighted by Gasteiger charge is 2.23. The summed E-state index contributed by atoms with van der Waals surface area (Å²) in [7, 11) is 0. The average Bonchev–Trinajstić information content (AvgIpc) is 0.813. The molecule has 0 atom stereocenters. The van der Waals surface area contributed by atoms with Crippen LogP contribution in [0.25, 0.3) is 0 Å². The number of nitrogens with one attached hydrogen (secondary N) is 4. The molecule has 0 radical (unpaired) electrons. The molecule has 20 nitrogen and oxygen atoms in total. The molecule has 5 aromatic rings. The molecule has 0 aliphatic heterocycles. The van der Waals surface area contributed by atoms with Crippen LogP contribution in [0.4, 0.5) is 11.4 Å². The Morgan fingerprint density at radius 2 is 0.478 bits per heavy atom. The number of unbranched alkanes of at least 4 members (excludes halogenated alkanes) is 54. The quantitative estimate of drug-likeness (QED) is 0.0156. The lowest BCUT2D eigenvalue weighted by molar-refractivity contribution is -0.122. The number of hydrogen-bond acceptors (Lipinski definition) is 16. The van der Waals surface area contributed by atoms with Crippen molar-refractivity contribution in [3.05, 3.63) is 107 Å². The van der Waals surface area contributed by atoms with E-state index in [1.807, 2.05) is 12.1 Å². The van der Waals surface area contributed by atoms with Crippen molar-refractivity contribution in [1.29, 1.82) is 0 Å². The van der Waals surface area contributed by atoms with Gasteiger partial charge in [0, 0.05) is 73.0 Å². The van der Waals surface area contributed by atoms with Gasteiger partial charge in [0.25, 0.3) is 11.8 Å². The first kappa shape index (κ1) is 118. The minimum Gasteiger partial charge on any atom is -0.507 e. The highest BCUT2D eigenvalue weighted by molar-refractivity contribution is 5.96. The van der Waals surface area contributed by atoms with Crippen molar-refractivity contribution in [1.82, 2.24) is 21.3 Å². The zero-order chi connectivity index (χ0) is 97.1. The number of carbonyl (C=O) groups is 4. The van der Waals surface area contributed by atoms with Gasteiger partial charge in [0.2, 0.25) is 23.3 Å². The normalized spacial score (nSPS) is 11.4. The molecule has 0 fully saturated rings. The van der Waals surface area contributed by atoms with Crippen LogP contribution < -0.4 is 59.2 Å². The maximum absolute atomic E-state index is 14.0. The van der Waals surface area contributed by atoms with Crippen LogP contribution in [0.2, 0.25) is 0 Å². The number of phenolic OH excluding ortho intramolecular Hbond substituents is 2. The molecule has 4 amide bonds. The number of benzene rings is 5. The fraction of sp³-hybridized carbons (Fsp3) is 0.690. The molecule has 5 rings (SSSR count). The van der Waals surface area contributed by atoms with Gasteiger partial charge in [-0.05, 0) is 99.2 Å². The van der Waals surface area contributed by atoms with Gasteiger partial charge in [0.05, 0.1) is 77.1 Å². The van der Waals surface area contributed by atoms with Crippen LogP contribution in [0.5, 0.6) is 57.5 Å². The Kier molecular flexibility index (Phi) is 71.2. The van der Waals surface area contributed by atoms with E-state index in [1.54, 1.807) is 60.7 Å². The van der Waals surface area contributed by atoms with Gasteiger partial charge in [-0.25, -0.2) is 0 Å². The summed E-state index contributed by atoms with van der Waals surface area (Å²) >= 11 is 0. The molecule has 136 heavy (non-hydrogen) atoms. The Morgan fingerprint density at radius 1 is 0.257 bits per heavy atom. The monoisotopic (exact) mass is 1890 g/mol. The summed E-state index contributed by atoms with van der Waals surface area (Å²) in [6.45, 7) is 17.6. The zero-order valence-corrected chi connectivity index (χ0v) is 86.3. The molecular weight excluding hydrogens is 1700 g/mol. The topological polar surface area (TPSA) is 255 Å². The van der Waals surface area contributed by atoms with Gasteiger partial charge in [0.1, 0.15) is 23.0 Å². The van der Waals surface area contributed by atoms with Crippen molar-refractivity contribution in [2.45, 2.75) is 440 Å². The lowest BCUT2D eigenvalue weighted by Crippen LogP contribution is -2.35. The molecular formula is C116H188N6O14. The summed E-state index contributed by atoms with van der Waals surface area (Å²) in [6, 6.07) is 24.0. The number of aromatic hydroxyl groups is 2. The van der Waals surface area contributed by atoms with E-state index in [1.165, 1.54) is 333 Å². The highest BCUT2D eigenvalue weighted by Crippen LogP contribution is 2.42. The van der Waals surface area contributed by atoms with Crippen LogP contribution in [0, 0.1) is 0 Å². The van der Waals surface area contributed by atoms with E-state index in [0.29, 0.717) is 119 Å². The molecule has 0 aromatic heterocycles. The number of rotatable bonds is 92. The first-order chi connectivity index (χ1) is 66.9. The number of nitrogens with zero attached hydrogens (tertiary/aromatic N) is 2. The van der Waals surface area contributed by atoms with Crippen LogP contribution in [-0.2, 0) is 9.59 Å². The third-order valence-corrected chi connectivity index (χ3v) is 25.3. The van der Waals surface area contributed by atoms with Gasteiger partial charge >= 0.3 is 0 Å². The number of carbonyl (C=O) groups excluding carboxylic acids is 4. The molecule has 0 bridgehead atoms. The molecule has 20 heteroatoms. The molecule has 0 aliphatic carbocycles. The molecule has 0 spiro atoms. The van der Waals surface area contributed by atoms with Crippen molar-refractivity contribution >= 4 is 47.4 Å². The second-order valence-electron chi connectivity index (χ2n) is 37.6. The summed E-state index contributed by atoms with van der Waals surface area (Å²) in [4.78, 5) is 63.6. The van der Waals surface area contributed by atoms with E-state index in [9.17, 15) is 29.4 Å². The highest BCUT2D eigenvalue weighted by atomic mass is 16.6. The summed E-state index contributed by atoms with van der Waals surface area (Å²) in [5.74, 6) is 2.69. The van der Waals surface area contributed by atoms with E-state index in [2.05, 4.69) is 72.8 Å². The van der Waals surface area contributed by atoms with E-state index in [0.717, 1.165) is 77.0 Å². The Labute approximate surface area is 824 Å². The number of ether oxygens (including phenoxy) is 8. The van der Waals surface area contributed by atoms with Crippen molar-refractivity contribution < 1.29 is 67.3 Å². The maximum atomic E-state index is 14.0. The summed E-state index contributed by atoms with van der Waals surface area (Å²) in [5.41, 5.74) is 2.68. The Hall–Kier alpha value is -8.68. The average molecular weight is 1890 g/mol. The van der Waals surface area contributed by atoms with E-state index < -0.39 is 0 Å². The molecule has 766 valence electrons. The Balaban J connectivity index is 1.10. The fourth-order valence-electron chi connectivity index (χ4n) is 16.8. The molecule has 6 N–H and O–H groups in total. The lowest BCUT2D eigenvalue weighted by Gasteiger charge is -2.19. The summed E-state index contributed by atoms with van der Waals surface area (Å²) in [5, 5.41) is 34.0. The van der Waals surface area contributed by atoms with Crippen LogP contribution in [0.1, 0.15) is 471 Å². The standard InChI is InChI=1S/C116H188N6O14/c1-7-13-19-25-31-37-43-49-55-63-81-131-107-89-99(90-108(132-82-64-56-50-44-38-32-26-20-14-8-2)113(107)135-85-67-59-53-47-41-35-29-23-17-11-5)115(127)119-79-77-117-111(125)75-87-129-101-73-71-97(105(123)93-101)95-121-103-69-61-62-70-104(103)122-96-98-72-74-102(94-106(98)124)130-88-76-112(126)118-78-80-120-116(128)100-91-109(133-83-65-57-51-45-39-33-27-21-15-9-3)114(136-86-68-60-54-48-42-36-30-24-18-12-6)110(92-100)134-84-66-58-52-46-40-34-28-22-16-10-4/h61-62,69-74,89-96,123-124H,7-60,63-68,75-88H2,1-6H3,(H,117,125)(H,118,126)(H,119,127)(H,120,128). The largest absolute Gasteiger partial charge is 0.507 e. The molecule has 5 aromatic carbocycles. The Bertz CT molecular complexity index is 3570. The molecule has 0 saturated heterocycles. The number of phenols is 2. The fourth-order valence-corrected chi connectivity index (χ4v) is 16.8. The predicted octanol–water partition coefficient (Wildman–Crippen LogP) is 31.0. The third-order valence-electron chi connectivity index (χ3n) is 25.3. The minimum atomic E-state index is -0.303. The number of aliphatic imine (C=N–C) groups is 2. The van der Waals surface area contributed by atoms with Crippen molar-refractivity contribution in [2.24, 2.45) is 9.98 Å². The van der Waals surface area contributed by atoms with E-state index in [4.69, 9.17) is 37.9 Å². The van der Waals surface area contributed by atoms with Crippen LogP contribution in [-0.4, -0.2) is 125 Å². The molecule has 0 aliphatic rings. The van der Waals surface area contributed by atoms with Gasteiger partial charge in [-0.3, -0.25) is 29.2 Å². The lowest BCUT2D eigenvalue weighted by atomic mass is 10.1. The van der Waals surface area contributed by atoms with E-state index in [-0.39, 0.29) is 87.4 Å².